The smallest absolute Gasteiger partial charge is 0.258 e. The molecule has 6 nitrogen and oxygen atoms in total. The van der Waals surface area contributed by atoms with Crippen LogP contribution in [0, 0.1) is 0 Å². The van der Waals surface area contributed by atoms with Crippen molar-refractivity contribution in [3.8, 4) is 11.5 Å². The summed E-state index contributed by atoms with van der Waals surface area (Å²) >= 11 is 0. The van der Waals surface area contributed by atoms with Gasteiger partial charge < -0.3 is 14.5 Å². The van der Waals surface area contributed by atoms with Crippen LogP contribution in [0.2, 0.25) is 0 Å². The zero-order valence-electron chi connectivity index (χ0n) is 12.2. The van der Waals surface area contributed by atoms with Gasteiger partial charge in [-0.05, 0) is 31.4 Å². The van der Waals surface area contributed by atoms with Crippen LogP contribution in [0.4, 0.5) is 5.82 Å². The van der Waals surface area contributed by atoms with E-state index in [0.717, 1.165) is 49.4 Å². The van der Waals surface area contributed by atoms with Crippen LogP contribution in [0.3, 0.4) is 0 Å². The van der Waals surface area contributed by atoms with Crippen molar-refractivity contribution in [1.82, 2.24) is 15.1 Å². The third-order valence-corrected chi connectivity index (χ3v) is 3.65. The zero-order valence-corrected chi connectivity index (χ0v) is 12.2. The fourth-order valence-corrected chi connectivity index (χ4v) is 2.58. The summed E-state index contributed by atoms with van der Waals surface area (Å²) in [6.07, 6.45) is 5.12. The SMILES string of the molecule is CCCc1noc(-c2ccnc(N3CCCC(O)C3)c2)n1. The van der Waals surface area contributed by atoms with Crippen LogP contribution >= 0.6 is 0 Å². The van der Waals surface area contributed by atoms with Gasteiger partial charge in [0.1, 0.15) is 5.82 Å². The van der Waals surface area contributed by atoms with Crippen LogP contribution in [0.1, 0.15) is 32.0 Å². The van der Waals surface area contributed by atoms with Crippen molar-refractivity contribution in [1.29, 1.82) is 0 Å². The maximum absolute atomic E-state index is 9.78. The van der Waals surface area contributed by atoms with Crippen LogP contribution in [0.15, 0.2) is 22.9 Å². The number of aliphatic hydroxyl groups excluding tert-OH is 1. The molecular formula is C15H20N4O2. The van der Waals surface area contributed by atoms with Gasteiger partial charge >= 0.3 is 0 Å². The minimum Gasteiger partial charge on any atom is -0.391 e. The van der Waals surface area contributed by atoms with Crippen molar-refractivity contribution in [2.24, 2.45) is 0 Å². The average Bonchev–Trinajstić information content (AvgIpc) is 2.97. The summed E-state index contributed by atoms with van der Waals surface area (Å²) in [5, 5.41) is 13.8. The molecule has 1 fully saturated rings. The van der Waals surface area contributed by atoms with E-state index in [2.05, 4.69) is 26.9 Å². The second-order valence-corrected chi connectivity index (χ2v) is 5.41. The first-order valence-electron chi connectivity index (χ1n) is 7.48. The van der Waals surface area contributed by atoms with Crippen molar-refractivity contribution in [2.45, 2.75) is 38.7 Å². The minimum atomic E-state index is -0.274. The van der Waals surface area contributed by atoms with Crippen molar-refractivity contribution >= 4 is 5.82 Å². The Hall–Kier alpha value is -1.95. The van der Waals surface area contributed by atoms with E-state index in [-0.39, 0.29) is 6.10 Å². The molecule has 21 heavy (non-hydrogen) atoms. The lowest BCUT2D eigenvalue weighted by molar-refractivity contribution is 0.154. The number of rotatable bonds is 4. The summed E-state index contributed by atoms with van der Waals surface area (Å²) in [6.45, 7) is 3.63. The molecule has 2 aromatic rings. The fourth-order valence-electron chi connectivity index (χ4n) is 2.58. The van der Waals surface area contributed by atoms with Crippen LogP contribution < -0.4 is 4.90 Å². The number of pyridine rings is 1. The van der Waals surface area contributed by atoms with E-state index in [0.29, 0.717) is 12.4 Å². The highest BCUT2D eigenvalue weighted by molar-refractivity contribution is 5.58. The molecule has 1 N–H and O–H groups in total. The number of aryl methyl sites for hydroxylation is 1. The normalized spacial score (nSPS) is 19.0. The Morgan fingerprint density at radius 2 is 2.38 bits per heavy atom. The van der Waals surface area contributed by atoms with Crippen LogP contribution in [-0.2, 0) is 6.42 Å². The molecule has 0 aliphatic carbocycles. The number of piperidine rings is 1. The molecule has 1 atom stereocenters. The summed E-state index contributed by atoms with van der Waals surface area (Å²) in [5.74, 6) is 2.11. The van der Waals surface area contributed by atoms with Gasteiger partial charge in [0.15, 0.2) is 5.82 Å². The van der Waals surface area contributed by atoms with Crippen molar-refractivity contribution < 1.29 is 9.63 Å². The molecule has 3 rings (SSSR count). The summed E-state index contributed by atoms with van der Waals surface area (Å²) in [7, 11) is 0. The largest absolute Gasteiger partial charge is 0.391 e. The van der Waals surface area contributed by atoms with Gasteiger partial charge in [-0.2, -0.15) is 4.98 Å². The molecule has 3 heterocycles. The summed E-state index contributed by atoms with van der Waals surface area (Å²) in [4.78, 5) is 10.9. The quantitative estimate of drug-likeness (QED) is 0.928. The zero-order chi connectivity index (χ0) is 14.7. The lowest BCUT2D eigenvalue weighted by Crippen LogP contribution is -2.38. The van der Waals surface area contributed by atoms with Gasteiger partial charge in [-0.15, -0.1) is 0 Å². The van der Waals surface area contributed by atoms with Crippen molar-refractivity contribution in [3.05, 3.63) is 24.2 Å². The molecular weight excluding hydrogens is 268 g/mol. The summed E-state index contributed by atoms with van der Waals surface area (Å²) in [6, 6.07) is 3.81. The lowest BCUT2D eigenvalue weighted by atomic mass is 10.1. The molecule has 0 saturated carbocycles. The minimum absolute atomic E-state index is 0.274. The van der Waals surface area contributed by atoms with E-state index >= 15 is 0 Å². The van der Waals surface area contributed by atoms with Gasteiger partial charge in [0.25, 0.3) is 5.89 Å². The standard InChI is InChI=1S/C15H20N4O2/c1-2-4-13-17-15(21-18-13)11-6-7-16-14(9-11)19-8-3-5-12(20)10-19/h6-7,9,12,20H,2-5,8,10H2,1H3. The maximum atomic E-state index is 9.78. The fraction of sp³-hybridized carbons (Fsp3) is 0.533. The van der Waals surface area contributed by atoms with E-state index in [1.54, 1.807) is 6.20 Å². The Bertz CT molecular complexity index is 599. The summed E-state index contributed by atoms with van der Waals surface area (Å²) in [5.41, 5.74) is 0.870. The van der Waals surface area contributed by atoms with Gasteiger partial charge in [0.05, 0.1) is 6.10 Å². The number of aromatic nitrogens is 3. The Balaban J connectivity index is 1.81. The van der Waals surface area contributed by atoms with Gasteiger partial charge in [-0.1, -0.05) is 12.1 Å². The van der Waals surface area contributed by atoms with Crippen LogP contribution in [0.5, 0.6) is 0 Å². The first-order valence-corrected chi connectivity index (χ1v) is 7.48. The molecule has 112 valence electrons. The molecule has 0 bridgehead atoms. The highest BCUT2D eigenvalue weighted by Crippen LogP contribution is 2.24. The number of hydrogen-bond acceptors (Lipinski definition) is 6. The Morgan fingerprint density at radius 1 is 1.48 bits per heavy atom. The van der Waals surface area contributed by atoms with Crippen LogP contribution in [-0.4, -0.2) is 39.4 Å². The highest BCUT2D eigenvalue weighted by Gasteiger charge is 2.19. The molecule has 0 radical (unpaired) electrons. The second kappa shape index (κ2) is 6.22. The number of anilines is 1. The van der Waals surface area contributed by atoms with Crippen molar-refractivity contribution in [3.63, 3.8) is 0 Å². The predicted octanol–water partition coefficient (Wildman–Crippen LogP) is 2.05. The lowest BCUT2D eigenvalue weighted by Gasteiger charge is -2.31. The van der Waals surface area contributed by atoms with E-state index in [4.69, 9.17) is 4.52 Å². The molecule has 1 unspecified atom stereocenters. The monoisotopic (exact) mass is 288 g/mol. The Kier molecular flexibility index (Phi) is 4.15. The van der Waals surface area contributed by atoms with Gasteiger partial charge in [0, 0.05) is 31.3 Å². The van der Waals surface area contributed by atoms with E-state index in [9.17, 15) is 5.11 Å². The van der Waals surface area contributed by atoms with Gasteiger partial charge in [-0.3, -0.25) is 0 Å². The van der Waals surface area contributed by atoms with Crippen molar-refractivity contribution in [2.75, 3.05) is 18.0 Å². The molecule has 0 aromatic carbocycles. The summed E-state index contributed by atoms with van der Waals surface area (Å²) < 4.78 is 5.31. The molecule has 2 aromatic heterocycles. The number of hydrogen-bond donors (Lipinski definition) is 1. The first-order chi connectivity index (χ1) is 10.3. The Labute approximate surface area is 123 Å². The number of aliphatic hydroxyl groups is 1. The molecule has 1 aliphatic rings. The third kappa shape index (κ3) is 3.21. The van der Waals surface area contributed by atoms with E-state index in [1.807, 2.05) is 12.1 Å². The molecule has 6 heteroatoms. The Morgan fingerprint density at radius 3 is 3.19 bits per heavy atom. The predicted molar refractivity (Wildman–Crippen MR) is 79.0 cm³/mol. The third-order valence-electron chi connectivity index (χ3n) is 3.65. The second-order valence-electron chi connectivity index (χ2n) is 5.41. The van der Waals surface area contributed by atoms with Gasteiger partial charge in [0.2, 0.25) is 0 Å². The first kappa shape index (κ1) is 14.0. The molecule has 0 spiro atoms. The average molecular weight is 288 g/mol. The highest BCUT2D eigenvalue weighted by atomic mass is 16.5. The van der Waals surface area contributed by atoms with Gasteiger partial charge in [-0.25, -0.2) is 4.98 Å². The number of β-amino-alcohol motifs (C(OH)–C–C–N with tert-alkyl or cyclic N) is 1. The maximum Gasteiger partial charge on any atom is 0.258 e. The number of nitrogens with zero attached hydrogens (tertiary/aromatic N) is 4. The molecule has 1 aliphatic heterocycles. The van der Waals surface area contributed by atoms with E-state index in [1.165, 1.54) is 0 Å². The topological polar surface area (TPSA) is 75.3 Å². The molecule has 1 saturated heterocycles. The van der Waals surface area contributed by atoms with Crippen LogP contribution in [0.25, 0.3) is 11.5 Å². The molecule has 0 amide bonds. The van der Waals surface area contributed by atoms with E-state index < -0.39 is 0 Å².